The van der Waals surface area contributed by atoms with Crippen molar-refractivity contribution in [3.63, 3.8) is 0 Å². The first-order valence-corrected chi connectivity index (χ1v) is 14.4. The van der Waals surface area contributed by atoms with Crippen LogP contribution in [-0.2, 0) is 26.2 Å². The summed E-state index contributed by atoms with van der Waals surface area (Å²) in [4.78, 5) is 28.3. The fourth-order valence-corrected chi connectivity index (χ4v) is 5.50. The molecule has 0 aliphatic carbocycles. The lowest BCUT2D eigenvalue weighted by atomic mass is 10.1. The zero-order valence-corrected chi connectivity index (χ0v) is 23.5. The van der Waals surface area contributed by atoms with Crippen LogP contribution in [0.25, 0.3) is 0 Å². The monoisotopic (exact) mass is 555 g/mol. The van der Waals surface area contributed by atoms with Gasteiger partial charge in [0, 0.05) is 18.1 Å². The standard InChI is InChI=1S/C29H34ClN3O4S/c1-4-5-19-31-29(35)23(3)32(20-24-11-9-10-14-27(24)30)28(34)21-33(25-12-7-6-8-13-25)38(36,37)26-17-15-22(2)16-18-26/h6-18,23H,4-5,19-21H2,1-3H3,(H,31,35)/t23-/m1/s1. The van der Waals surface area contributed by atoms with Crippen molar-refractivity contribution >= 4 is 39.1 Å². The van der Waals surface area contributed by atoms with Crippen LogP contribution in [0, 0.1) is 6.92 Å². The van der Waals surface area contributed by atoms with Gasteiger partial charge in [0.1, 0.15) is 12.6 Å². The zero-order valence-electron chi connectivity index (χ0n) is 21.9. The average molecular weight is 556 g/mol. The van der Waals surface area contributed by atoms with E-state index in [0.717, 1.165) is 22.7 Å². The highest BCUT2D eigenvalue weighted by atomic mass is 35.5. The van der Waals surface area contributed by atoms with E-state index in [4.69, 9.17) is 11.6 Å². The molecule has 0 heterocycles. The van der Waals surface area contributed by atoms with Gasteiger partial charge in [-0.15, -0.1) is 0 Å². The fourth-order valence-electron chi connectivity index (χ4n) is 3.89. The van der Waals surface area contributed by atoms with Crippen LogP contribution in [0.5, 0.6) is 0 Å². The van der Waals surface area contributed by atoms with Crippen molar-refractivity contribution in [2.75, 3.05) is 17.4 Å². The molecule has 0 saturated carbocycles. The molecule has 0 fully saturated rings. The minimum atomic E-state index is -4.08. The number of hydrogen-bond donors (Lipinski definition) is 1. The van der Waals surface area contributed by atoms with E-state index in [0.29, 0.717) is 22.8 Å². The second kappa shape index (κ2) is 13.4. The lowest BCUT2D eigenvalue weighted by molar-refractivity contribution is -0.139. The minimum Gasteiger partial charge on any atom is -0.354 e. The van der Waals surface area contributed by atoms with Crippen LogP contribution in [0.2, 0.25) is 5.02 Å². The third kappa shape index (κ3) is 7.36. The predicted octanol–water partition coefficient (Wildman–Crippen LogP) is 5.18. The summed E-state index contributed by atoms with van der Waals surface area (Å²) in [5.41, 5.74) is 1.92. The Hall–Kier alpha value is -3.36. The molecule has 3 aromatic rings. The first-order chi connectivity index (χ1) is 18.1. The maximum absolute atomic E-state index is 13.8. The molecule has 202 valence electrons. The minimum absolute atomic E-state index is 0.0497. The summed E-state index contributed by atoms with van der Waals surface area (Å²) < 4.78 is 28.6. The van der Waals surface area contributed by atoms with E-state index in [9.17, 15) is 18.0 Å². The van der Waals surface area contributed by atoms with Gasteiger partial charge in [-0.3, -0.25) is 13.9 Å². The van der Waals surface area contributed by atoms with Crippen LogP contribution < -0.4 is 9.62 Å². The summed E-state index contributed by atoms with van der Waals surface area (Å²) in [6, 6.07) is 21.2. The number of para-hydroxylation sites is 1. The number of carbonyl (C=O) groups excluding carboxylic acids is 2. The van der Waals surface area contributed by atoms with Gasteiger partial charge >= 0.3 is 0 Å². The average Bonchev–Trinajstić information content (AvgIpc) is 2.91. The Morgan fingerprint density at radius 2 is 1.58 bits per heavy atom. The normalized spacial score (nSPS) is 12.0. The smallest absolute Gasteiger partial charge is 0.264 e. The number of amides is 2. The molecule has 2 amide bonds. The summed E-state index contributed by atoms with van der Waals surface area (Å²) in [5, 5.41) is 3.32. The number of carbonyl (C=O) groups is 2. The molecule has 0 aliphatic heterocycles. The van der Waals surface area contributed by atoms with E-state index >= 15 is 0 Å². The molecular weight excluding hydrogens is 522 g/mol. The number of rotatable bonds is 12. The topological polar surface area (TPSA) is 86.8 Å². The summed E-state index contributed by atoms with van der Waals surface area (Å²) >= 11 is 6.38. The van der Waals surface area contributed by atoms with Crippen molar-refractivity contribution in [3.8, 4) is 0 Å². The molecule has 0 saturated heterocycles. The number of nitrogens with one attached hydrogen (secondary N) is 1. The molecule has 38 heavy (non-hydrogen) atoms. The van der Waals surface area contributed by atoms with E-state index in [1.807, 2.05) is 13.8 Å². The SMILES string of the molecule is CCCCNC(=O)[C@@H](C)N(Cc1ccccc1Cl)C(=O)CN(c1ccccc1)S(=O)(=O)c1ccc(C)cc1. The second-order valence-corrected chi connectivity index (χ2v) is 11.4. The first kappa shape index (κ1) is 29.2. The number of aryl methyl sites for hydroxylation is 1. The molecule has 0 radical (unpaired) electrons. The van der Waals surface area contributed by atoms with E-state index < -0.39 is 28.5 Å². The summed E-state index contributed by atoms with van der Waals surface area (Å²) in [5.74, 6) is -0.839. The second-order valence-electron chi connectivity index (χ2n) is 9.09. The van der Waals surface area contributed by atoms with Crippen molar-refractivity contribution in [3.05, 3.63) is 95.0 Å². The van der Waals surface area contributed by atoms with E-state index in [1.54, 1.807) is 73.7 Å². The molecule has 0 aliphatic rings. The Kier molecular flexibility index (Phi) is 10.3. The van der Waals surface area contributed by atoms with Gasteiger partial charge in [-0.1, -0.05) is 79.0 Å². The Morgan fingerprint density at radius 1 is 0.947 bits per heavy atom. The highest BCUT2D eigenvalue weighted by molar-refractivity contribution is 7.92. The van der Waals surface area contributed by atoms with Gasteiger partial charge in [0.2, 0.25) is 11.8 Å². The number of sulfonamides is 1. The van der Waals surface area contributed by atoms with Gasteiger partial charge in [0.05, 0.1) is 10.6 Å². The fraction of sp³-hybridized carbons (Fsp3) is 0.310. The van der Waals surface area contributed by atoms with Crippen molar-refractivity contribution in [2.45, 2.75) is 51.1 Å². The van der Waals surface area contributed by atoms with E-state index in [2.05, 4.69) is 5.32 Å². The summed E-state index contributed by atoms with van der Waals surface area (Å²) in [6.07, 6.45) is 1.73. The van der Waals surface area contributed by atoms with Gasteiger partial charge in [0.15, 0.2) is 0 Å². The number of anilines is 1. The zero-order chi connectivity index (χ0) is 27.7. The molecule has 3 aromatic carbocycles. The van der Waals surface area contributed by atoms with Gasteiger partial charge in [-0.2, -0.15) is 0 Å². The number of hydrogen-bond acceptors (Lipinski definition) is 4. The third-order valence-electron chi connectivity index (χ3n) is 6.23. The quantitative estimate of drug-likeness (QED) is 0.312. The molecule has 0 spiro atoms. The van der Waals surface area contributed by atoms with Crippen molar-refractivity contribution in [2.24, 2.45) is 0 Å². The van der Waals surface area contributed by atoms with Crippen LogP contribution >= 0.6 is 11.6 Å². The molecule has 1 N–H and O–H groups in total. The van der Waals surface area contributed by atoms with Gasteiger partial charge < -0.3 is 10.2 Å². The Balaban J connectivity index is 1.98. The van der Waals surface area contributed by atoms with E-state index in [-0.39, 0.29) is 17.3 Å². The predicted molar refractivity (Wildman–Crippen MR) is 152 cm³/mol. The van der Waals surface area contributed by atoms with Crippen molar-refractivity contribution in [1.29, 1.82) is 0 Å². The highest BCUT2D eigenvalue weighted by Crippen LogP contribution is 2.25. The van der Waals surface area contributed by atoms with Crippen LogP contribution in [0.15, 0.2) is 83.8 Å². The molecule has 0 aromatic heterocycles. The molecule has 0 bridgehead atoms. The molecule has 7 nitrogen and oxygen atoms in total. The molecule has 9 heteroatoms. The molecule has 1 atom stereocenters. The van der Waals surface area contributed by atoms with E-state index in [1.165, 1.54) is 17.0 Å². The van der Waals surface area contributed by atoms with Crippen molar-refractivity contribution in [1.82, 2.24) is 10.2 Å². The lowest BCUT2D eigenvalue weighted by Gasteiger charge is -2.32. The van der Waals surface area contributed by atoms with Crippen LogP contribution in [0.3, 0.4) is 0 Å². The Labute approximate surface area is 230 Å². The Bertz CT molecular complexity index is 1330. The lowest BCUT2D eigenvalue weighted by Crippen LogP contribution is -2.51. The molecule has 3 rings (SSSR count). The number of unbranched alkanes of at least 4 members (excludes halogenated alkanes) is 1. The third-order valence-corrected chi connectivity index (χ3v) is 8.38. The number of benzene rings is 3. The van der Waals surface area contributed by atoms with Gasteiger partial charge in [-0.05, 0) is 56.2 Å². The van der Waals surface area contributed by atoms with Crippen LogP contribution in [0.1, 0.15) is 37.8 Å². The van der Waals surface area contributed by atoms with Gasteiger partial charge in [0.25, 0.3) is 10.0 Å². The number of nitrogens with zero attached hydrogens (tertiary/aromatic N) is 2. The molecular formula is C29H34ClN3O4S. The van der Waals surface area contributed by atoms with Crippen molar-refractivity contribution < 1.29 is 18.0 Å². The van der Waals surface area contributed by atoms with Crippen LogP contribution in [-0.4, -0.2) is 44.3 Å². The maximum Gasteiger partial charge on any atom is 0.264 e. The summed E-state index contributed by atoms with van der Waals surface area (Å²) in [7, 11) is -4.08. The first-order valence-electron chi connectivity index (χ1n) is 12.6. The maximum atomic E-state index is 13.8. The largest absolute Gasteiger partial charge is 0.354 e. The Morgan fingerprint density at radius 3 is 2.21 bits per heavy atom. The van der Waals surface area contributed by atoms with Gasteiger partial charge in [-0.25, -0.2) is 8.42 Å². The molecule has 0 unspecified atom stereocenters. The number of halogens is 1. The summed E-state index contributed by atoms with van der Waals surface area (Å²) in [6.45, 7) is 5.58. The highest BCUT2D eigenvalue weighted by Gasteiger charge is 2.32. The van der Waals surface area contributed by atoms with Crippen LogP contribution in [0.4, 0.5) is 5.69 Å².